The molecule has 5 rings (SSSR count). The smallest absolute Gasteiger partial charge is 0.0462 e. The van der Waals surface area contributed by atoms with Crippen molar-refractivity contribution in [1.82, 2.24) is 0 Å². The topological polar surface area (TPSA) is 3.24 Å². The number of anilines is 3. The van der Waals surface area contributed by atoms with Gasteiger partial charge in [-0.2, -0.15) is 0 Å². The van der Waals surface area contributed by atoms with Gasteiger partial charge in [0.25, 0.3) is 0 Å². The second-order valence-corrected chi connectivity index (χ2v) is 9.51. The minimum absolute atomic E-state index is 0.731. The molecule has 1 aliphatic rings. The van der Waals surface area contributed by atoms with Crippen molar-refractivity contribution in [3.05, 3.63) is 114 Å². The van der Waals surface area contributed by atoms with Crippen LogP contribution in [0.15, 0.2) is 97.1 Å². The first kappa shape index (κ1) is 21.5. The fourth-order valence-corrected chi connectivity index (χ4v) is 5.02. The quantitative estimate of drug-likeness (QED) is 0.304. The molecule has 0 aromatic heterocycles. The monoisotopic (exact) mass is 431 g/mol. The van der Waals surface area contributed by atoms with Crippen LogP contribution in [0.4, 0.5) is 17.1 Å². The van der Waals surface area contributed by atoms with Crippen LogP contribution < -0.4 is 4.90 Å². The molecule has 1 aliphatic carbocycles. The second-order valence-electron chi connectivity index (χ2n) is 9.51. The number of hydrogen-bond donors (Lipinski definition) is 0. The molecule has 0 aliphatic heterocycles. The highest BCUT2D eigenvalue weighted by molar-refractivity contribution is 5.78. The lowest BCUT2D eigenvalue weighted by atomic mass is 9.84. The maximum Gasteiger partial charge on any atom is 0.0462 e. The third-order valence-electron chi connectivity index (χ3n) is 7.03. The Kier molecular flexibility index (Phi) is 6.30. The van der Waals surface area contributed by atoms with Gasteiger partial charge in [-0.15, -0.1) is 0 Å². The number of aryl methyl sites for hydroxylation is 2. The third-order valence-corrected chi connectivity index (χ3v) is 7.03. The van der Waals surface area contributed by atoms with Crippen LogP contribution in [-0.2, 0) is 0 Å². The predicted octanol–water partition coefficient (Wildman–Crippen LogP) is 9.49. The Balaban J connectivity index is 1.48. The van der Waals surface area contributed by atoms with E-state index in [4.69, 9.17) is 0 Å². The first-order valence-electron chi connectivity index (χ1n) is 12.3. The molecule has 0 radical (unpaired) electrons. The van der Waals surface area contributed by atoms with E-state index in [0.717, 1.165) is 5.92 Å². The van der Waals surface area contributed by atoms with Gasteiger partial charge in [-0.25, -0.2) is 0 Å². The number of rotatable bonds is 5. The average molecular weight is 432 g/mol. The van der Waals surface area contributed by atoms with Crippen molar-refractivity contribution in [2.75, 3.05) is 4.90 Å². The first-order valence-corrected chi connectivity index (χ1v) is 12.3. The lowest BCUT2D eigenvalue weighted by Crippen LogP contribution is -2.10. The molecule has 0 amide bonds. The molecule has 0 N–H and O–H groups in total. The minimum Gasteiger partial charge on any atom is -0.311 e. The van der Waals surface area contributed by atoms with E-state index < -0.39 is 0 Å². The van der Waals surface area contributed by atoms with Gasteiger partial charge in [0, 0.05) is 17.1 Å². The van der Waals surface area contributed by atoms with Gasteiger partial charge in [-0.1, -0.05) is 91.1 Å². The van der Waals surface area contributed by atoms with E-state index in [1.165, 1.54) is 77.0 Å². The van der Waals surface area contributed by atoms with Crippen molar-refractivity contribution in [3.8, 4) is 11.1 Å². The highest BCUT2D eigenvalue weighted by atomic mass is 15.1. The van der Waals surface area contributed by atoms with Gasteiger partial charge in [0.05, 0.1) is 0 Å². The minimum atomic E-state index is 0.731. The Hall–Kier alpha value is -3.32. The van der Waals surface area contributed by atoms with Crippen LogP contribution in [0, 0.1) is 13.8 Å². The molecule has 33 heavy (non-hydrogen) atoms. The Morgan fingerprint density at radius 2 is 0.879 bits per heavy atom. The summed E-state index contributed by atoms with van der Waals surface area (Å²) in [4.78, 5) is 2.36. The van der Waals surface area contributed by atoms with Crippen molar-refractivity contribution in [2.45, 2.75) is 51.9 Å². The standard InChI is InChI=1S/C32H33N/c1-24-8-12-27(13-9-24)29-16-22-32(23-17-29)33(30-18-10-25(2)11-19-30)31-20-14-28(15-21-31)26-6-4-3-5-7-26/h8-23,26H,3-7H2,1-2H3. The Morgan fingerprint density at radius 3 is 1.39 bits per heavy atom. The fraction of sp³-hybridized carbons (Fsp3) is 0.250. The second kappa shape index (κ2) is 9.67. The van der Waals surface area contributed by atoms with E-state index in [0.29, 0.717) is 0 Å². The molecule has 1 nitrogen and oxygen atoms in total. The highest BCUT2D eigenvalue weighted by Crippen LogP contribution is 2.38. The average Bonchev–Trinajstić information content (AvgIpc) is 2.87. The van der Waals surface area contributed by atoms with Crippen molar-refractivity contribution >= 4 is 17.1 Å². The largest absolute Gasteiger partial charge is 0.311 e. The van der Waals surface area contributed by atoms with Crippen molar-refractivity contribution in [1.29, 1.82) is 0 Å². The van der Waals surface area contributed by atoms with E-state index in [1.54, 1.807) is 0 Å². The molecule has 1 saturated carbocycles. The summed E-state index contributed by atoms with van der Waals surface area (Å²) in [5.74, 6) is 0.731. The zero-order valence-electron chi connectivity index (χ0n) is 19.8. The first-order chi connectivity index (χ1) is 16.2. The van der Waals surface area contributed by atoms with Crippen molar-refractivity contribution < 1.29 is 0 Å². The number of benzene rings is 4. The molecular formula is C32H33N. The van der Waals surface area contributed by atoms with E-state index in [-0.39, 0.29) is 0 Å². The van der Waals surface area contributed by atoms with Gasteiger partial charge in [-0.05, 0) is 85.7 Å². The molecule has 0 spiro atoms. The Bertz CT molecular complexity index is 1160. The third kappa shape index (κ3) is 4.88. The number of hydrogen-bond acceptors (Lipinski definition) is 1. The molecule has 0 heterocycles. The van der Waals surface area contributed by atoms with E-state index in [9.17, 15) is 0 Å². The van der Waals surface area contributed by atoms with Gasteiger partial charge in [0.15, 0.2) is 0 Å². The zero-order chi connectivity index (χ0) is 22.6. The molecule has 0 bridgehead atoms. The van der Waals surface area contributed by atoms with Gasteiger partial charge in [-0.3, -0.25) is 0 Å². The molecule has 1 fully saturated rings. The normalized spacial score (nSPS) is 14.2. The van der Waals surface area contributed by atoms with Crippen LogP contribution in [0.3, 0.4) is 0 Å². The molecular weight excluding hydrogens is 398 g/mol. The van der Waals surface area contributed by atoms with Crippen LogP contribution in [0.1, 0.15) is 54.7 Å². The molecule has 0 atom stereocenters. The van der Waals surface area contributed by atoms with Crippen LogP contribution in [0.25, 0.3) is 11.1 Å². The van der Waals surface area contributed by atoms with Crippen molar-refractivity contribution in [3.63, 3.8) is 0 Å². The van der Waals surface area contributed by atoms with Crippen LogP contribution >= 0.6 is 0 Å². The van der Waals surface area contributed by atoms with Gasteiger partial charge < -0.3 is 4.90 Å². The van der Waals surface area contributed by atoms with Crippen LogP contribution in [0.2, 0.25) is 0 Å². The lowest BCUT2D eigenvalue weighted by molar-refractivity contribution is 0.443. The molecule has 0 unspecified atom stereocenters. The summed E-state index contributed by atoms with van der Waals surface area (Å²) < 4.78 is 0. The van der Waals surface area contributed by atoms with E-state index in [1.807, 2.05) is 0 Å². The van der Waals surface area contributed by atoms with E-state index in [2.05, 4.69) is 116 Å². The number of nitrogens with zero attached hydrogens (tertiary/aromatic N) is 1. The molecule has 4 aromatic rings. The van der Waals surface area contributed by atoms with Gasteiger partial charge >= 0.3 is 0 Å². The molecule has 4 aromatic carbocycles. The summed E-state index contributed by atoms with van der Waals surface area (Å²) in [6.07, 6.45) is 6.81. The van der Waals surface area contributed by atoms with Crippen LogP contribution in [-0.4, -0.2) is 0 Å². The predicted molar refractivity (Wildman–Crippen MR) is 142 cm³/mol. The zero-order valence-corrected chi connectivity index (χ0v) is 19.8. The van der Waals surface area contributed by atoms with E-state index >= 15 is 0 Å². The fourth-order valence-electron chi connectivity index (χ4n) is 5.02. The molecule has 0 saturated heterocycles. The Labute approximate surface area is 198 Å². The maximum absolute atomic E-state index is 2.36. The summed E-state index contributed by atoms with van der Waals surface area (Å²) in [7, 11) is 0. The summed E-state index contributed by atoms with van der Waals surface area (Å²) in [5.41, 5.74) is 10.1. The van der Waals surface area contributed by atoms with Gasteiger partial charge in [0.2, 0.25) is 0 Å². The Morgan fingerprint density at radius 1 is 0.485 bits per heavy atom. The summed E-state index contributed by atoms with van der Waals surface area (Å²) in [5, 5.41) is 0. The van der Waals surface area contributed by atoms with Crippen LogP contribution in [0.5, 0.6) is 0 Å². The maximum atomic E-state index is 2.36. The molecule has 166 valence electrons. The van der Waals surface area contributed by atoms with Crippen molar-refractivity contribution in [2.24, 2.45) is 0 Å². The van der Waals surface area contributed by atoms with Gasteiger partial charge in [0.1, 0.15) is 0 Å². The summed E-state index contributed by atoms with van der Waals surface area (Å²) in [6, 6.07) is 35.8. The highest BCUT2D eigenvalue weighted by Gasteiger charge is 2.17. The summed E-state index contributed by atoms with van der Waals surface area (Å²) >= 11 is 0. The summed E-state index contributed by atoms with van der Waals surface area (Å²) in [6.45, 7) is 4.27. The lowest BCUT2D eigenvalue weighted by Gasteiger charge is -2.27. The molecule has 1 heteroatoms. The SMILES string of the molecule is Cc1ccc(-c2ccc(N(c3ccc(C)cc3)c3ccc(C4CCCCC4)cc3)cc2)cc1.